The van der Waals surface area contributed by atoms with Crippen LogP contribution >= 0.6 is 0 Å². The van der Waals surface area contributed by atoms with Gasteiger partial charge < -0.3 is 9.57 Å². The van der Waals surface area contributed by atoms with Gasteiger partial charge in [-0.05, 0) is 23.8 Å². The van der Waals surface area contributed by atoms with Gasteiger partial charge in [-0.15, -0.1) is 10.2 Å². The number of nitrogens with zero attached hydrogens (tertiary/aromatic N) is 4. The minimum absolute atomic E-state index is 0.0793. The number of amides is 1. The summed E-state index contributed by atoms with van der Waals surface area (Å²) >= 11 is 0. The second-order valence-electron chi connectivity index (χ2n) is 5.95. The zero-order valence-electron chi connectivity index (χ0n) is 14.4. The van der Waals surface area contributed by atoms with Crippen molar-refractivity contribution in [3.63, 3.8) is 0 Å². The highest BCUT2D eigenvalue weighted by Gasteiger charge is 2.32. The molecule has 8 heteroatoms. The van der Waals surface area contributed by atoms with Crippen molar-refractivity contribution in [3.8, 4) is 17.0 Å². The van der Waals surface area contributed by atoms with E-state index in [2.05, 4.69) is 20.5 Å². The Morgan fingerprint density at radius 1 is 1.04 bits per heavy atom. The molecule has 4 rings (SSSR count). The van der Waals surface area contributed by atoms with Crippen molar-refractivity contribution in [3.05, 3.63) is 67.0 Å². The highest BCUT2D eigenvalue weighted by molar-refractivity contribution is 5.82. The van der Waals surface area contributed by atoms with Crippen LogP contribution in [0.15, 0.2) is 67.0 Å². The standard InChI is InChI=1S/C19H17N5O3/c25-19(22-17-7-4-10-21-23-17)27-24-12-16(13-24)26-18-9-8-15(11-20-18)14-5-2-1-3-6-14/h1-11,16H,12-13H2,(H,22,23,25). The molecule has 1 amide bonds. The molecule has 1 fully saturated rings. The summed E-state index contributed by atoms with van der Waals surface area (Å²) in [5.41, 5.74) is 2.14. The van der Waals surface area contributed by atoms with E-state index in [-0.39, 0.29) is 6.10 Å². The van der Waals surface area contributed by atoms with E-state index >= 15 is 0 Å². The Balaban J connectivity index is 1.23. The highest BCUT2D eigenvalue weighted by atomic mass is 16.7. The molecule has 1 aliphatic heterocycles. The molecule has 0 saturated carbocycles. The molecule has 8 nitrogen and oxygen atoms in total. The van der Waals surface area contributed by atoms with Gasteiger partial charge >= 0.3 is 6.09 Å². The monoisotopic (exact) mass is 363 g/mol. The zero-order valence-corrected chi connectivity index (χ0v) is 14.4. The van der Waals surface area contributed by atoms with E-state index in [0.29, 0.717) is 24.8 Å². The van der Waals surface area contributed by atoms with Crippen LogP contribution in [-0.4, -0.2) is 45.5 Å². The van der Waals surface area contributed by atoms with E-state index in [1.54, 1.807) is 18.3 Å². The first kappa shape index (κ1) is 16.9. The maximum atomic E-state index is 11.8. The summed E-state index contributed by atoms with van der Waals surface area (Å²) in [4.78, 5) is 21.2. The van der Waals surface area contributed by atoms with Gasteiger partial charge in [-0.25, -0.2) is 9.78 Å². The van der Waals surface area contributed by atoms with Crippen LogP contribution in [0, 0.1) is 0 Å². The predicted molar refractivity (Wildman–Crippen MR) is 97.8 cm³/mol. The van der Waals surface area contributed by atoms with E-state index in [1.165, 1.54) is 11.3 Å². The number of hydrogen-bond donors (Lipinski definition) is 1. The van der Waals surface area contributed by atoms with Crippen molar-refractivity contribution in [2.75, 3.05) is 18.4 Å². The van der Waals surface area contributed by atoms with Gasteiger partial charge in [-0.1, -0.05) is 30.3 Å². The molecule has 3 heterocycles. The number of hydrogen-bond acceptors (Lipinski definition) is 7. The number of carbonyl (C=O) groups is 1. The first-order chi connectivity index (χ1) is 13.3. The Hall–Kier alpha value is -3.52. The van der Waals surface area contributed by atoms with Gasteiger partial charge in [0.05, 0.1) is 13.1 Å². The minimum atomic E-state index is -0.612. The average Bonchev–Trinajstić information content (AvgIpc) is 2.68. The molecule has 1 aliphatic rings. The summed E-state index contributed by atoms with van der Waals surface area (Å²) < 4.78 is 5.78. The molecule has 3 aromatic rings. The van der Waals surface area contributed by atoms with Crippen LogP contribution in [0.2, 0.25) is 0 Å². The van der Waals surface area contributed by atoms with Crippen molar-refractivity contribution < 1.29 is 14.4 Å². The number of carbonyl (C=O) groups excluding carboxylic acids is 1. The molecular formula is C19H17N5O3. The second kappa shape index (κ2) is 7.79. The Morgan fingerprint density at radius 2 is 1.89 bits per heavy atom. The molecule has 0 atom stereocenters. The number of aromatic nitrogens is 3. The Morgan fingerprint density at radius 3 is 2.59 bits per heavy atom. The van der Waals surface area contributed by atoms with Crippen molar-refractivity contribution in [1.82, 2.24) is 20.2 Å². The fraction of sp³-hybridized carbons (Fsp3) is 0.158. The van der Waals surface area contributed by atoms with Crippen molar-refractivity contribution in [2.45, 2.75) is 6.10 Å². The summed E-state index contributed by atoms with van der Waals surface area (Å²) in [5.74, 6) is 0.877. The lowest BCUT2D eigenvalue weighted by molar-refractivity contribution is -0.181. The van der Waals surface area contributed by atoms with Crippen LogP contribution in [0.1, 0.15) is 0 Å². The van der Waals surface area contributed by atoms with Crippen LogP contribution in [0.3, 0.4) is 0 Å². The maximum Gasteiger partial charge on any atom is 0.432 e. The van der Waals surface area contributed by atoms with Crippen LogP contribution in [0.25, 0.3) is 11.1 Å². The van der Waals surface area contributed by atoms with E-state index in [9.17, 15) is 4.79 Å². The molecule has 1 saturated heterocycles. The topological polar surface area (TPSA) is 89.5 Å². The number of hydroxylamine groups is 2. The van der Waals surface area contributed by atoms with Gasteiger partial charge in [0.25, 0.3) is 0 Å². The quantitative estimate of drug-likeness (QED) is 0.745. The second-order valence-corrected chi connectivity index (χ2v) is 5.95. The number of rotatable bonds is 5. The average molecular weight is 363 g/mol. The predicted octanol–water partition coefficient (Wildman–Crippen LogP) is 2.77. The Bertz CT molecular complexity index is 884. The van der Waals surface area contributed by atoms with Gasteiger partial charge in [-0.2, -0.15) is 5.10 Å². The van der Waals surface area contributed by atoms with Crippen molar-refractivity contribution >= 4 is 11.9 Å². The fourth-order valence-corrected chi connectivity index (χ4v) is 2.58. The van der Waals surface area contributed by atoms with Crippen molar-refractivity contribution in [1.29, 1.82) is 0 Å². The molecule has 2 aromatic heterocycles. The van der Waals surface area contributed by atoms with Gasteiger partial charge in [0, 0.05) is 24.0 Å². The van der Waals surface area contributed by atoms with Crippen LogP contribution in [0.4, 0.5) is 10.6 Å². The van der Waals surface area contributed by atoms with Crippen LogP contribution in [0.5, 0.6) is 5.88 Å². The largest absolute Gasteiger partial charge is 0.471 e. The zero-order chi connectivity index (χ0) is 18.5. The molecule has 1 aromatic carbocycles. The number of pyridine rings is 1. The smallest absolute Gasteiger partial charge is 0.432 e. The number of benzene rings is 1. The summed E-state index contributed by atoms with van der Waals surface area (Å²) in [7, 11) is 0. The molecule has 27 heavy (non-hydrogen) atoms. The summed E-state index contributed by atoms with van der Waals surface area (Å²) in [6, 6.07) is 17.1. The van der Waals surface area contributed by atoms with Crippen molar-refractivity contribution in [2.24, 2.45) is 0 Å². The first-order valence-corrected chi connectivity index (χ1v) is 8.46. The van der Waals surface area contributed by atoms with E-state index < -0.39 is 6.09 Å². The first-order valence-electron chi connectivity index (χ1n) is 8.46. The highest BCUT2D eigenvalue weighted by Crippen LogP contribution is 2.22. The third-order valence-corrected chi connectivity index (χ3v) is 3.96. The lowest BCUT2D eigenvalue weighted by Gasteiger charge is -2.36. The maximum absolute atomic E-state index is 11.8. The molecule has 0 unspecified atom stereocenters. The van der Waals surface area contributed by atoms with Crippen LogP contribution < -0.4 is 10.1 Å². The normalized spacial score (nSPS) is 14.2. The van der Waals surface area contributed by atoms with Gasteiger partial charge in [-0.3, -0.25) is 5.32 Å². The Labute approximate surface area is 155 Å². The molecule has 0 aliphatic carbocycles. The summed E-state index contributed by atoms with van der Waals surface area (Å²) in [6.07, 6.45) is 2.61. The van der Waals surface area contributed by atoms with E-state index in [4.69, 9.17) is 9.57 Å². The third kappa shape index (κ3) is 4.36. The lowest BCUT2D eigenvalue weighted by Crippen LogP contribution is -2.54. The van der Waals surface area contributed by atoms with Crippen LogP contribution in [-0.2, 0) is 4.84 Å². The molecular weight excluding hydrogens is 346 g/mol. The molecule has 1 N–H and O–H groups in total. The number of ether oxygens (including phenoxy) is 1. The summed E-state index contributed by atoms with van der Waals surface area (Å²) in [5, 5.41) is 11.4. The number of anilines is 1. The molecule has 136 valence electrons. The lowest BCUT2D eigenvalue weighted by atomic mass is 10.1. The fourth-order valence-electron chi connectivity index (χ4n) is 2.58. The van der Waals surface area contributed by atoms with E-state index in [0.717, 1.165) is 11.1 Å². The van der Waals surface area contributed by atoms with Gasteiger partial charge in [0.2, 0.25) is 5.88 Å². The minimum Gasteiger partial charge on any atom is -0.471 e. The summed E-state index contributed by atoms with van der Waals surface area (Å²) in [6.45, 7) is 0.937. The third-order valence-electron chi connectivity index (χ3n) is 3.96. The molecule has 0 bridgehead atoms. The number of nitrogens with one attached hydrogen (secondary N) is 1. The van der Waals surface area contributed by atoms with Gasteiger partial charge in [0.15, 0.2) is 5.82 Å². The molecule has 0 spiro atoms. The Kier molecular flexibility index (Phi) is 4.88. The molecule has 0 radical (unpaired) electrons. The SMILES string of the molecule is O=C(Nc1cccnn1)ON1CC(Oc2ccc(-c3ccccc3)cn2)C1. The van der Waals surface area contributed by atoms with E-state index in [1.807, 2.05) is 42.5 Å². The van der Waals surface area contributed by atoms with Gasteiger partial charge in [0.1, 0.15) is 6.10 Å².